The summed E-state index contributed by atoms with van der Waals surface area (Å²) in [6.45, 7) is 10.2. The van der Waals surface area contributed by atoms with Gasteiger partial charge in [-0.05, 0) is 44.9 Å². The van der Waals surface area contributed by atoms with Crippen LogP contribution in [-0.2, 0) is 6.54 Å². The van der Waals surface area contributed by atoms with E-state index in [0.717, 1.165) is 36.7 Å². The molecular weight excluding hydrogens is 236 g/mol. The quantitative estimate of drug-likeness (QED) is 0.830. The molecule has 0 aliphatic heterocycles. The predicted molar refractivity (Wildman–Crippen MR) is 78.1 cm³/mol. The fourth-order valence-electron chi connectivity index (χ4n) is 2.41. The second-order valence-corrected chi connectivity index (χ2v) is 5.09. The average molecular weight is 258 g/mol. The van der Waals surface area contributed by atoms with Crippen LogP contribution in [0.2, 0.25) is 0 Å². The molecule has 19 heavy (non-hydrogen) atoms. The summed E-state index contributed by atoms with van der Waals surface area (Å²) >= 11 is 0. The zero-order valence-corrected chi connectivity index (χ0v) is 12.2. The normalized spacial score (nSPS) is 10.9. The van der Waals surface area contributed by atoms with Crippen LogP contribution in [-0.4, -0.2) is 11.5 Å². The maximum absolute atomic E-state index is 5.63. The van der Waals surface area contributed by atoms with Crippen molar-refractivity contribution in [2.24, 2.45) is 0 Å². The van der Waals surface area contributed by atoms with Gasteiger partial charge in [-0.3, -0.25) is 0 Å². The van der Waals surface area contributed by atoms with Gasteiger partial charge in [0.2, 0.25) is 5.89 Å². The Morgan fingerprint density at radius 1 is 1.16 bits per heavy atom. The van der Waals surface area contributed by atoms with Crippen LogP contribution in [0.3, 0.4) is 0 Å². The maximum atomic E-state index is 5.63. The number of oxazole rings is 1. The fraction of sp³-hybridized carbons (Fsp3) is 0.438. The van der Waals surface area contributed by atoms with Crippen molar-refractivity contribution in [2.45, 2.75) is 40.7 Å². The largest absolute Gasteiger partial charge is 0.444 e. The van der Waals surface area contributed by atoms with Crippen molar-refractivity contribution < 1.29 is 4.42 Å². The van der Waals surface area contributed by atoms with E-state index in [1.165, 1.54) is 16.7 Å². The summed E-state index contributed by atoms with van der Waals surface area (Å²) in [5.41, 5.74) is 5.78. The molecule has 1 N–H and O–H groups in total. The number of nitrogens with one attached hydrogen (secondary N) is 1. The molecular formula is C16H22N2O. The molecule has 0 fully saturated rings. The van der Waals surface area contributed by atoms with E-state index in [2.05, 4.69) is 50.1 Å². The van der Waals surface area contributed by atoms with E-state index in [0.29, 0.717) is 0 Å². The van der Waals surface area contributed by atoms with Crippen molar-refractivity contribution in [1.29, 1.82) is 0 Å². The molecule has 2 rings (SSSR count). The Kier molecular flexibility index (Phi) is 4.38. The molecule has 0 saturated carbocycles. The van der Waals surface area contributed by atoms with E-state index in [4.69, 9.17) is 4.42 Å². The van der Waals surface area contributed by atoms with Crippen LogP contribution in [0.1, 0.15) is 35.7 Å². The first-order chi connectivity index (χ1) is 9.11. The molecule has 2 aromatic rings. The molecule has 3 heteroatoms. The van der Waals surface area contributed by atoms with Gasteiger partial charge < -0.3 is 9.73 Å². The minimum absolute atomic E-state index is 0.725. The smallest absolute Gasteiger partial charge is 0.226 e. The van der Waals surface area contributed by atoms with Crippen molar-refractivity contribution in [2.75, 3.05) is 6.54 Å². The third kappa shape index (κ3) is 3.24. The van der Waals surface area contributed by atoms with Crippen LogP contribution in [0.25, 0.3) is 11.5 Å². The van der Waals surface area contributed by atoms with Gasteiger partial charge in [-0.2, -0.15) is 0 Å². The summed E-state index contributed by atoms with van der Waals surface area (Å²) in [4.78, 5) is 4.57. The van der Waals surface area contributed by atoms with Crippen LogP contribution in [0.5, 0.6) is 0 Å². The first-order valence-electron chi connectivity index (χ1n) is 6.85. The van der Waals surface area contributed by atoms with E-state index in [9.17, 15) is 0 Å². The molecule has 1 heterocycles. The number of benzene rings is 1. The molecule has 0 bridgehead atoms. The number of hydrogen-bond donors (Lipinski definition) is 1. The van der Waals surface area contributed by atoms with Crippen molar-refractivity contribution in [3.05, 3.63) is 40.8 Å². The lowest BCUT2D eigenvalue weighted by Gasteiger charge is -2.07. The molecule has 0 atom stereocenters. The molecule has 0 amide bonds. The minimum Gasteiger partial charge on any atom is -0.444 e. The fourth-order valence-corrected chi connectivity index (χ4v) is 2.41. The topological polar surface area (TPSA) is 38.1 Å². The lowest BCUT2D eigenvalue weighted by Crippen LogP contribution is -2.13. The van der Waals surface area contributed by atoms with Crippen molar-refractivity contribution in [3.63, 3.8) is 0 Å². The second-order valence-electron chi connectivity index (χ2n) is 5.09. The zero-order valence-electron chi connectivity index (χ0n) is 12.2. The van der Waals surface area contributed by atoms with Crippen LogP contribution >= 0.6 is 0 Å². The van der Waals surface area contributed by atoms with E-state index in [-0.39, 0.29) is 0 Å². The monoisotopic (exact) mass is 258 g/mol. The minimum atomic E-state index is 0.725. The van der Waals surface area contributed by atoms with Gasteiger partial charge in [0.05, 0.1) is 5.69 Å². The highest BCUT2D eigenvalue weighted by Crippen LogP contribution is 2.27. The summed E-state index contributed by atoms with van der Waals surface area (Å²) in [5.74, 6) is 0.725. The van der Waals surface area contributed by atoms with Crippen molar-refractivity contribution >= 4 is 0 Å². The third-order valence-corrected chi connectivity index (χ3v) is 3.18. The van der Waals surface area contributed by atoms with Crippen molar-refractivity contribution in [3.8, 4) is 11.5 Å². The SMILES string of the molecule is CCCNCc1coc(-c2c(C)cc(C)cc2C)n1. The van der Waals surface area contributed by atoms with Crippen LogP contribution in [0, 0.1) is 20.8 Å². The Morgan fingerprint density at radius 2 is 1.84 bits per heavy atom. The number of rotatable bonds is 5. The molecule has 0 saturated heterocycles. The predicted octanol–water partition coefficient (Wildman–Crippen LogP) is 3.77. The van der Waals surface area contributed by atoms with Crippen LogP contribution in [0.4, 0.5) is 0 Å². The van der Waals surface area contributed by atoms with Gasteiger partial charge >= 0.3 is 0 Å². The second kappa shape index (κ2) is 6.02. The molecule has 0 aliphatic rings. The summed E-state index contributed by atoms with van der Waals surface area (Å²) in [6.07, 6.45) is 2.87. The lowest BCUT2D eigenvalue weighted by atomic mass is 10.00. The molecule has 102 valence electrons. The Bertz CT molecular complexity index is 535. The van der Waals surface area contributed by atoms with E-state index >= 15 is 0 Å². The highest BCUT2D eigenvalue weighted by molar-refractivity contribution is 5.64. The molecule has 0 spiro atoms. The summed E-state index contributed by atoms with van der Waals surface area (Å²) < 4.78 is 5.63. The van der Waals surface area contributed by atoms with E-state index in [1.807, 2.05) is 0 Å². The van der Waals surface area contributed by atoms with Gasteiger partial charge in [0.1, 0.15) is 6.26 Å². The molecule has 1 aromatic heterocycles. The Balaban J connectivity index is 2.23. The van der Waals surface area contributed by atoms with Gasteiger partial charge in [0, 0.05) is 12.1 Å². The highest BCUT2D eigenvalue weighted by atomic mass is 16.3. The van der Waals surface area contributed by atoms with E-state index in [1.54, 1.807) is 6.26 Å². The number of nitrogens with zero attached hydrogens (tertiary/aromatic N) is 1. The molecule has 0 radical (unpaired) electrons. The van der Waals surface area contributed by atoms with Gasteiger partial charge in [0.15, 0.2) is 0 Å². The van der Waals surface area contributed by atoms with Crippen LogP contribution in [0.15, 0.2) is 22.8 Å². The first-order valence-corrected chi connectivity index (χ1v) is 6.85. The van der Waals surface area contributed by atoms with Gasteiger partial charge in [0.25, 0.3) is 0 Å². The van der Waals surface area contributed by atoms with Gasteiger partial charge in [-0.15, -0.1) is 0 Å². The maximum Gasteiger partial charge on any atom is 0.226 e. The first kappa shape index (κ1) is 13.8. The summed E-state index contributed by atoms with van der Waals surface area (Å²) in [7, 11) is 0. The molecule has 0 unspecified atom stereocenters. The third-order valence-electron chi connectivity index (χ3n) is 3.18. The van der Waals surface area contributed by atoms with Crippen LogP contribution < -0.4 is 5.32 Å². The Morgan fingerprint density at radius 3 is 2.47 bits per heavy atom. The summed E-state index contributed by atoms with van der Waals surface area (Å²) in [6, 6.07) is 4.34. The zero-order chi connectivity index (χ0) is 13.8. The van der Waals surface area contributed by atoms with Gasteiger partial charge in [-0.1, -0.05) is 24.6 Å². The molecule has 1 aromatic carbocycles. The number of hydrogen-bond acceptors (Lipinski definition) is 3. The average Bonchev–Trinajstić information content (AvgIpc) is 2.76. The number of aryl methyl sites for hydroxylation is 3. The number of aromatic nitrogens is 1. The van der Waals surface area contributed by atoms with E-state index < -0.39 is 0 Å². The molecule has 0 aliphatic carbocycles. The lowest BCUT2D eigenvalue weighted by molar-refractivity contribution is 0.569. The van der Waals surface area contributed by atoms with Gasteiger partial charge in [-0.25, -0.2) is 4.98 Å². The highest BCUT2D eigenvalue weighted by Gasteiger charge is 2.12. The molecule has 3 nitrogen and oxygen atoms in total. The Labute approximate surface area is 115 Å². The van der Waals surface area contributed by atoms with Crippen molar-refractivity contribution in [1.82, 2.24) is 10.3 Å². The summed E-state index contributed by atoms with van der Waals surface area (Å²) in [5, 5.41) is 3.33. The standard InChI is InChI=1S/C16H22N2O/c1-5-6-17-9-14-10-19-16(18-14)15-12(3)7-11(2)8-13(15)4/h7-8,10,17H,5-6,9H2,1-4H3. The Hall–Kier alpha value is -1.61.